The van der Waals surface area contributed by atoms with Gasteiger partial charge in [-0.2, -0.15) is 0 Å². The molecule has 2 saturated carbocycles. The number of carbonyl (C=O) groups is 2. The van der Waals surface area contributed by atoms with Crippen molar-refractivity contribution in [3.8, 4) is 0 Å². The molecule has 3 amide bonds. The lowest BCUT2D eigenvalue weighted by Crippen LogP contribution is -2.49. The summed E-state index contributed by atoms with van der Waals surface area (Å²) in [4.78, 5) is 25.9. The van der Waals surface area contributed by atoms with Crippen LogP contribution in [0.15, 0.2) is 0 Å². The molecule has 0 bridgehead atoms. The fourth-order valence-electron chi connectivity index (χ4n) is 3.14. The second-order valence-electron chi connectivity index (χ2n) is 6.38. The molecule has 0 radical (unpaired) electrons. The van der Waals surface area contributed by atoms with Gasteiger partial charge in [0.25, 0.3) is 5.91 Å². The molecule has 0 atom stereocenters. The third kappa shape index (κ3) is 2.48. The van der Waals surface area contributed by atoms with Gasteiger partial charge in [0.15, 0.2) is 0 Å². The fraction of sp³-hybridized carbons (Fsp3) is 0.857. The van der Waals surface area contributed by atoms with E-state index in [0.29, 0.717) is 18.5 Å². The predicted molar refractivity (Wildman–Crippen MR) is 71.6 cm³/mol. The smallest absolute Gasteiger partial charge is 0.323 e. The minimum Gasteiger partial charge on any atom is -0.323 e. The summed E-state index contributed by atoms with van der Waals surface area (Å²) in [5.41, 5.74) is -0.580. The summed E-state index contributed by atoms with van der Waals surface area (Å²) in [5.74, 6) is 0.669. The summed E-state index contributed by atoms with van der Waals surface area (Å²) >= 11 is 0. The Kier molecular flexibility index (Phi) is 3.25. The quantitative estimate of drug-likeness (QED) is 0.752. The molecule has 0 aromatic heterocycles. The van der Waals surface area contributed by atoms with Crippen molar-refractivity contribution in [2.24, 2.45) is 5.92 Å². The van der Waals surface area contributed by atoms with Crippen molar-refractivity contribution in [3.05, 3.63) is 0 Å². The molecule has 5 heteroatoms. The van der Waals surface area contributed by atoms with Crippen LogP contribution in [0.3, 0.4) is 0 Å². The van der Waals surface area contributed by atoms with Crippen molar-refractivity contribution in [1.29, 1.82) is 0 Å². The van der Waals surface area contributed by atoms with Gasteiger partial charge in [-0.3, -0.25) is 9.69 Å². The van der Waals surface area contributed by atoms with Crippen molar-refractivity contribution in [2.45, 2.75) is 57.0 Å². The molecular formula is C14H23N3O2. The summed E-state index contributed by atoms with van der Waals surface area (Å²) < 4.78 is 0. The van der Waals surface area contributed by atoms with E-state index in [1.807, 2.05) is 0 Å². The van der Waals surface area contributed by atoms with Gasteiger partial charge in [-0.1, -0.05) is 6.92 Å². The van der Waals surface area contributed by atoms with Crippen LogP contribution >= 0.6 is 0 Å². The van der Waals surface area contributed by atoms with E-state index in [0.717, 1.165) is 32.2 Å². The Morgan fingerprint density at radius 2 is 1.95 bits per heavy atom. The molecule has 1 saturated heterocycles. The van der Waals surface area contributed by atoms with Gasteiger partial charge in [-0.15, -0.1) is 0 Å². The van der Waals surface area contributed by atoms with Crippen molar-refractivity contribution in [2.75, 3.05) is 13.1 Å². The lowest BCUT2D eigenvalue weighted by Gasteiger charge is -2.33. The maximum Gasteiger partial charge on any atom is 0.325 e. The summed E-state index contributed by atoms with van der Waals surface area (Å²) in [5, 5.41) is 6.30. The molecule has 3 fully saturated rings. The van der Waals surface area contributed by atoms with Crippen LogP contribution in [0.25, 0.3) is 0 Å². The fourth-order valence-corrected chi connectivity index (χ4v) is 3.14. The van der Waals surface area contributed by atoms with Crippen LogP contribution in [0.1, 0.15) is 45.4 Å². The lowest BCUT2D eigenvalue weighted by molar-refractivity contribution is -0.132. The van der Waals surface area contributed by atoms with Gasteiger partial charge in [0.1, 0.15) is 5.54 Å². The summed E-state index contributed by atoms with van der Waals surface area (Å²) in [6.07, 6.45) is 6.10. The van der Waals surface area contributed by atoms with E-state index < -0.39 is 5.54 Å². The molecule has 3 aliphatic rings. The zero-order valence-electron chi connectivity index (χ0n) is 11.6. The van der Waals surface area contributed by atoms with Crippen molar-refractivity contribution >= 4 is 11.9 Å². The van der Waals surface area contributed by atoms with Crippen molar-refractivity contribution in [3.63, 3.8) is 0 Å². The molecule has 0 aromatic carbocycles. The van der Waals surface area contributed by atoms with E-state index in [-0.39, 0.29) is 11.9 Å². The molecular weight excluding hydrogens is 242 g/mol. The van der Waals surface area contributed by atoms with Crippen LogP contribution in [-0.2, 0) is 4.79 Å². The van der Waals surface area contributed by atoms with E-state index >= 15 is 0 Å². The Morgan fingerprint density at radius 3 is 2.58 bits per heavy atom. The molecule has 1 heterocycles. The second kappa shape index (κ2) is 4.78. The number of carbonyl (C=O) groups excluding carboxylic acids is 2. The summed E-state index contributed by atoms with van der Waals surface area (Å²) in [6, 6.07) is 0.419. The molecule has 3 rings (SSSR count). The van der Waals surface area contributed by atoms with Gasteiger partial charge < -0.3 is 10.6 Å². The molecule has 5 nitrogen and oxygen atoms in total. The number of hydrogen-bond donors (Lipinski definition) is 2. The number of hydrogen-bond acceptors (Lipinski definition) is 3. The topological polar surface area (TPSA) is 61.4 Å². The standard InChI is InChI=1S/C14H23N3O2/c1-10-4-6-14(7-5-10)12(18)17(13(19)16-14)9-8-15-11-2-3-11/h10-11,15H,2-9H2,1H3,(H,16,19). The Balaban J connectivity index is 1.59. The van der Waals surface area contributed by atoms with Crippen molar-refractivity contribution in [1.82, 2.24) is 15.5 Å². The maximum atomic E-state index is 12.5. The highest BCUT2D eigenvalue weighted by Gasteiger charge is 2.51. The molecule has 19 heavy (non-hydrogen) atoms. The van der Waals surface area contributed by atoms with E-state index in [1.54, 1.807) is 0 Å². The molecule has 1 aliphatic heterocycles. The molecule has 0 unspecified atom stereocenters. The van der Waals surface area contributed by atoms with Gasteiger partial charge in [0.2, 0.25) is 0 Å². The maximum absolute atomic E-state index is 12.5. The first kappa shape index (κ1) is 12.9. The Labute approximate surface area is 114 Å². The molecule has 106 valence electrons. The zero-order chi connectivity index (χ0) is 13.5. The normalized spacial score (nSPS) is 35.0. The van der Waals surface area contributed by atoms with Crippen LogP contribution in [0, 0.1) is 5.92 Å². The number of nitrogens with one attached hydrogen (secondary N) is 2. The number of amides is 3. The predicted octanol–water partition coefficient (Wildman–Crippen LogP) is 1.24. The van der Waals surface area contributed by atoms with E-state index in [1.165, 1.54) is 17.7 Å². The Hall–Kier alpha value is -1.10. The van der Waals surface area contributed by atoms with E-state index in [9.17, 15) is 9.59 Å². The van der Waals surface area contributed by atoms with Crippen LogP contribution in [0.5, 0.6) is 0 Å². The van der Waals surface area contributed by atoms with Crippen LogP contribution < -0.4 is 10.6 Å². The summed E-state index contributed by atoms with van der Waals surface area (Å²) in [7, 11) is 0. The molecule has 1 spiro atoms. The lowest BCUT2D eigenvalue weighted by atomic mass is 9.77. The molecule has 2 aliphatic carbocycles. The average Bonchev–Trinajstić information content (AvgIpc) is 3.17. The summed E-state index contributed by atoms with van der Waals surface area (Å²) in [6.45, 7) is 3.43. The van der Waals surface area contributed by atoms with E-state index in [4.69, 9.17) is 0 Å². The minimum atomic E-state index is -0.580. The molecule has 0 aromatic rings. The number of imide groups is 1. The second-order valence-corrected chi connectivity index (χ2v) is 6.38. The zero-order valence-corrected chi connectivity index (χ0v) is 11.6. The van der Waals surface area contributed by atoms with Gasteiger partial charge in [-0.05, 0) is 44.4 Å². The third-order valence-electron chi connectivity index (χ3n) is 4.72. The Bertz CT molecular complexity index is 384. The van der Waals surface area contributed by atoms with Crippen LogP contribution in [0.2, 0.25) is 0 Å². The van der Waals surface area contributed by atoms with Gasteiger partial charge >= 0.3 is 6.03 Å². The number of nitrogens with zero attached hydrogens (tertiary/aromatic N) is 1. The van der Waals surface area contributed by atoms with Crippen molar-refractivity contribution < 1.29 is 9.59 Å². The van der Waals surface area contributed by atoms with Gasteiger partial charge in [-0.25, -0.2) is 4.79 Å². The highest BCUT2D eigenvalue weighted by molar-refractivity contribution is 6.07. The van der Waals surface area contributed by atoms with Crippen LogP contribution in [0.4, 0.5) is 4.79 Å². The first-order valence-corrected chi connectivity index (χ1v) is 7.48. The average molecular weight is 265 g/mol. The highest BCUT2D eigenvalue weighted by Crippen LogP contribution is 2.36. The minimum absolute atomic E-state index is 0.00185. The molecule has 2 N–H and O–H groups in total. The van der Waals surface area contributed by atoms with E-state index in [2.05, 4.69) is 17.6 Å². The highest BCUT2D eigenvalue weighted by atomic mass is 16.2. The number of rotatable bonds is 4. The number of urea groups is 1. The third-order valence-corrected chi connectivity index (χ3v) is 4.72. The van der Waals surface area contributed by atoms with Gasteiger partial charge in [0, 0.05) is 19.1 Å². The monoisotopic (exact) mass is 265 g/mol. The van der Waals surface area contributed by atoms with Gasteiger partial charge in [0.05, 0.1) is 0 Å². The first-order chi connectivity index (χ1) is 9.11. The first-order valence-electron chi connectivity index (χ1n) is 7.48. The largest absolute Gasteiger partial charge is 0.325 e. The SMILES string of the molecule is CC1CCC2(CC1)NC(=O)N(CCNC1CC1)C2=O. The Morgan fingerprint density at radius 1 is 1.26 bits per heavy atom. The van der Waals surface area contributed by atoms with Crippen LogP contribution in [-0.4, -0.2) is 41.5 Å².